The fourth-order valence-corrected chi connectivity index (χ4v) is 1.66. The summed E-state index contributed by atoms with van der Waals surface area (Å²) in [5, 5.41) is 3.75. The molecular weight excluding hydrogens is 230 g/mol. The highest BCUT2D eigenvalue weighted by atomic mass is 16.5. The Hall–Kier alpha value is -2.17. The molecular formula is C13H15N3O2. The monoisotopic (exact) mass is 245 g/mol. The maximum Gasteiger partial charge on any atom is 0.276 e. The number of amides is 1. The molecule has 18 heavy (non-hydrogen) atoms. The number of rotatable bonds is 4. The number of hydrogen-bond acceptors (Lipinski definition) is 4. The Balaban J connectivity index is 2.12. The first-order chi connectivity index (χ1) is 8.70. The Bertz CT molecular complexity index is 522. The van der Waals surface area contributed by atoms with Crippen LogP contribution in [0, 0.1) is 6.92 Å². The van der Waals surface area contributed by atoms with Crippen LogP contribution >= 0.6 is 0 Å². The molecule has 5 nitrogen and oxygen atoms in total. The fourth-order valence-electron chi connectivity index (χ4n) is 1.66. The predicted octanol–water partition coefficient (Wildman–Crippen LogP) is 2.04. The molecule has 1 amide bonds. The van der Waals surface area contributed by atoms with Crippen molar-refractivity contribution in [1.29, 1.82) is 0 Å². The van der Waals surface area contributed by atoms with Gasteiger partial charge in [0.1, 0.15) is 5.76 Å². The van der Waals surface area contributed by atoms with Crippen LogP contribution in [0.3, 0.4) is 0 Å². The van der Waals surface area contributed by atoms with E-state index in [1.54, 1.807) is 30.3 Å². The third-order valence-corrected chi connectivity index (χ3v) is 2.64. The molecule has 0 spiro atoms. The summed E-state index contributed by atoms with van der Waals surface area (Å²) in [4.78, 5) is 17.9. The van der Waals surface area contributed by atoms with Crippen LogP contribution in [0.25, 0.3) is 0 Å². The number of aryl methyl sites for hydroxylation is 1. The molecule has 0 aliphatic carbocycles. The highest BCUT2D eigenvalue weighted by Crippen LogP contribution is 2.09. The van der Waals surface area contributed by atoms with Crippen molar-refractivity contribution >= 4 is 5.91 Å². The van der Waals surface area contributed by atoms with E-state index in [0.717, 1.165) is 5.56 Å². The van der Waals surface area contributed by atoms with Gasteiger partial charge in [-0.1, -0.05) is 5.16 Å². The van der Waals surface area contributed by atoms with Gasteiger partial charge in [-0.15, -0.1) is 0 Å². The molecule has 2 rings (SSSR count). The second kappa shape index (κ2) is 5.44. The van der Waals surface area contributed by atoms with Crippen molar-refractivity contribution in [3.8, 4) is 0 Å². The van der Waals surface area contributed by atoms with Crippen molar-refractivity contribution in [3.63, 3.8) is 0 Å². The van der Waals surface area contributed by atoms with Gasteiger partial charge in [0, 0.05) is 31.5 Å². The van der Waals surface area contributed by atoms with E-state index >= 15 is 0 Å². The third kappa shape index (κ3) is 2.74. The Kier molecular flexibility index (Phi) is 3.72. The zero-order valence-corrected chi connectivity index (χ0v) is 10.5. The number of nitrogens with zero attached hydrogens (tertiary/aromatic N) is 3. The lowest BCUT2D eigenvalue weighted by atomic mass is 10.2. The minimum absolute atomic E-state index is 0.119. The smallest absolute Gasteiger partial charge is 0.276 e. The minimum Gasteiger partial charge on any atom is -0.361 e. The molecule has 2 heterocycles. The Morgan fingerprint density at radius 2 is 2.11 bits per heavy atom. The standard InChI is InChI=1S/C13H15N3O2/c1-3-16(9-11-4-6-14-7-5-11)13(17)12-8-10(2)18-15-12/h4-8H,3,9H2,1-2H3. The van der Waals surface area contributed by atoms with Gasteiger partial charge in [0.15, 0.2) is 5.69 Å². The highest BCUT2D eigenvalue weighted by Gasteiger charge is 2.17. The molecule has 0 radical (unpaired) electrons. The molecule has 0 aliphatic rings. The SMILES string of the molecule is CCN(Cc1ccncc1)C(=O)c1cc(C)on1. The molecule has 94 valence electrons. The molecule has 2 aromatic rings. The number of hydrogen-bond donors (Lipinski definition) is 0. The molecule has 0 saturated carbocycles. The second-order valence-electron chi connectivity index (χ2n) is 4.00. The summed E-state index contributed by atoms with van der Waals surface area (Å²) >= 11 is 0. The predicted molar refractivity (Wildman–Crippen MR) is 65.9 cm³/mol. The maximum absolute atomic E-state index is 12.2. The topological polar surface area (TPSA) is 59.2 Å². The molecule has 0 bridgehead atoms. The number of carbonyl (C=O) groups excluding carboxylic acids is 1. The quantitative estimate of drug-likeness (QED) is 0.827. The van der Waals surface area contributed by atoms with Crippen LogP contribution < -0.4 is 0 Å². The van der Waals surface area contributed by atoms with E-state index in [0.29, 0.717) is 24.5 Å². The van der Waals surface area contributed by atoms with Gasteiger partial charge in [-0.05, 0) is 31.5 Å². The van der Waals surface area contributed by atoms with Crippen LogP contribution in [0.15, 0.2) is 35.1 Å². The van der Waals surface area contributed by atoms with Crippen molar-refractivity contribution < 1.29 is 9.32 Å². The second-order valence-corrected chi connectivity index (χ2v) is 4.00. The zero-order valence-electron chi connectivity index (χ0n) is 10.5. The van der Waals surface area contributed by atoms with E-state index in [1.165, 1.54) is 0 Å². The van der Waals surface area contributed by atoms with Gasteiger partial charge >= 0.3 is 0 Å². The van der Waals surface area contributed by atoms with Crippen molar-refractivity contribution in [2.75, 3.05) is 6.54 Å². The van der Waals surface area contributed by atoms with Gasteiger partial charge in [0.2, 0.25) is 0 Å². The molecule has 0 unspecified atom stereocenters. The van der Waals surface area contributed by atoms with E-state index < -0.39 is 0 Å². The number of carbonyl (C=O) groups is 1. The molecule has 0 atom stereocenters. The van der Waals surface area contributed by atoms with Crippen LogP contribution in [0.4, 0.5) is 0 Å². The van der Waals surface area contributed by atoms with Crippen molar-refractivity contribution in [3.05, 3.63) is 47.6 Å². The average molecular weight is 245 g/mol. The lowest BCUT2D eigenvalue weighted by Crippen LogP contribution is -2.30. The molecule has 0 aliphatic heterocycles. The van der Waals surface area contributed by atoms with Gasteiger partial charge in [0.25, 0.3) is 5.91 Å². The molecule has 0 aromatic carbocycles. The number of aromatic nitrogens is 2. The van der Waals surface area contributed by atoms with E-state index in [-0.39, 0.29) is 5.91 Å². The maximum atomic E-state index is 12.2. The van der Waals surface area contributed by atoms with Gasteiger partial charge < -0.3 is 9.42 Å². The third-order valence-electron chi connectivity index (χ3n) is 2.64. The summed E-state index contributed by atoms with van der Waals surface area (Å²) in [7, 11) is 0. The van der Waals surface area contributed by atoms with E-state index in [2.05, 4.69) is 10.1 Å². The van der Waals surface area contributed by atoms with Crippen LogP contribution in [0.1, 0.15) is 28.7 Å². The van der Waals surface area contributed by atoms with Crippen molar-refractivity contribution in [2.24, 2.45) is 0 Å². The molecule has 0 saturated heterocycles. The van der Waals surface area contributed by atoms with E-state index in [4.69, 9.17) is 4.52 Å². The van der Waals surface area contributed by atoms with Crippen molar-refractivity contribution in [2.45, 2.75) is 20.4 Å². The van der Waals surface area contributed by atoms with Gasteiger partial charge in [0.05, 0.1) is 0 Å². The lowest BCUT2D eigenvalue weighted by molar-refractivity contribution is 0.0742. The van der Waals surface area contributed by atoms with Gasteiger partial charge in [-0.25, -0.2) is 0 Å². The summed E-state index contributed by atoms with van der Waals surface area (Å²) in [5.41, 5.74) is 1.39. The van der Waals surface area contributed by atoms with Crippen LogP contribution in [-0.2, 0) is 6.54 Å². The minimum atomic E-state index is -0.119. The molecule has 5 heteroatoms. The first kappa shape index (κ1) is 12.3. The fraction of sp³-hybridized carbons (Fsp3) is 0.308. The van der Waals surface area contributed by atoms with E-state index in [9.17, 15) is 4.79 Å². The summed E-state index contributed by atoms with van der Waals surface area (Å²) < 4.78 is 4.92. The van der Waals surface area contributed by atoms with Crippen molar-refractivity contribution in [1.82, 2.24) is 15.0 Å². The van der Waals surface area contributed by atoms with Crippen LogP contribution in [0.5, 0.6) is 0 Å². The summed E-state index contributed by atoms with van der Waals surface area (Å²) in [6.07, 6.45) is 3.43. The number of pyridine rings is 1. The molecule has 0 fully saturated rings. The summed E-state index contributed by atoms with van der Waals surface area (Å²) in [6.45, 7) is 4.87. The summed E-state index contributed by atoms with van der Waals surface area (Å²) in [6, 6.07) is 5.44. The first-order valence-electron chi connectivity index (χ1n) is 5.82. The van der Waals surface area contributed by atoms with Gasteiger partial charge in [-0.2, -0.15) is 0 Å². The van der Waals surface area contributed by atoms with E-state index in [1.807, 2.05) is 19.1 Å². The highest BCUT2D eigenvalue weighted by molar-refractivity contribution is 5.92. The largest absolute Gasteiger partial charge is 0.361 e. The Labute approximate surface area is 105 Å². The normalized spacial score (nSPS) is 10.3. The molecule has 2 aromatic heterocycles. The first-order valence-corrected chi connectivity index (χ1v) is 5.82. The summed E-state index contributed by atoms with van der Waals surface area (Å²) in [5.74, 6) is 0.518. The zero-order chi connectivity index (χ0) is 13.0. The lowest BCUT2D eigenvalue weighted by Gasteiger charge is -2.19. The Morgan fingerprint density at radius 1 is 1.39 bits per heavy atom. The van der Waals surface area contributed by atoms with Crippen LogP contribution in [-0.4, -0.2) is 27.5 Å². The molecule has 0 N–H and O–H groups in total. The van der Waals surface area contributed by atoms with Gasteiger partial charge in [-0.3, -0.25) is 9.78 Å². The average Bonchev–Trinajstić information content (AvgIpc) is 2.83. The Morgan fingerprint density at radius 3 is 2.67 bits per heavy atom. The van der Waals surface area contributed by atoms with Crippen LogP contribution in [0.2, 0.25) is 0 Å².